The molecule has 0 aliphatic heterocycles. The Morgan fingerprint density at radius 2 is 2.15 bits per heavy atom. The van der Waals surface area contributed by atoms with Crippen LogP contribution in [0.25, 0.3) is 22.1 Å². The fourth-order valence-electron chi connectivity index (χ4n) is 2.62. The topological polar surface area (TPSA) is 35.3 Å². The first-order valence-electron chi connectivity index (χ1n) is 6.87. The molecule has 20 heavy (non-hydrogen) atoms. The largest absolute Gasteiger partial charge is 0.493 e. The molecule has 0 spiro atoms. The van der Waals surface area contributed by atoms with Gasteiger partial charge >= 0.3 is 0 Å². The van der Waals surface area contributed by atoms with Gasteiger partial charge in [-0.05, 0) is 42.7 Å². The van der Waals surface area contributed by atoms with Crippen molar-refractivity contribution in [3.8, 4) is 16.9 Å². The molecule has 0 unspecified atom stereocenters. The number of rotatable bonds is 3. The van der Waals surface area contributed by atoms with E-state index in [0.29, 0.717) is 5.92 Å². The highest BCUT2D eigenvalue weighted by Crippen LogP contribution is 2.45. The second-order valence-corrected chi connectivity index (χ2v) is 5.22. The number of hydrogen-bond donors (Lipinski definition) is 0. The summed E-state index contributed by atoms with van der Waals surface area (Å²) in [5, 5.41) is 1.11. The minimum absolute atomic E-state index is 0.592. The van der Waals surface area contributed by atoms with E-state index >= 15 is 0 Å². The van der Waals surface area contributed by atoms with Gasteiger partial charge in [0.25, 0.3) is 0 Å². The monoisotopic (exact) mass is 265 g/mol. The summed E-state index contributed by atoms with van der Waals surface area (Å²) in [6.45, 7) is 0. The summed E-state index contributed by atoms with van der Waals surface area (Å²) < 4.78 is 11.5. The molecule has 2 heterocycles. The van der Waals surface area contributed by atoms with Crippen molar-refractivity contribution in [2.75, 3.05) is 7.11 Å². The molecule has 1 fully saturated rings. The maximum atomic E-state index is 6.03. The Kier molecular flexibility index (Phi) is 2.52. The first-order valence-corrected chi connectivity index (χ1v) is 6.87. The van der Waals surface area contributed by atoms with E-state index in [0.717, 1.165) is 33.6 Å². The van der Waals surface area contributed by atoms with Crippen molar-refractivity contribution in [3.63, 3.8) is 0 Å². The summed E-state index contributed by atoms with van der Waals surface area (Å²) in [6, 6.07) is 10.2. The van der Waals surface area contributed by atoms with Crippen LogP contribution in [0.1, 0.15) is 24.5 Å². The van der Waals surface area contributed by atoms with Gasteiger partial charge < -0.3 is 9.15 Å². The van der Waals surface area contributed by atoms with E-state index < -0.39 is 0 Å². The van der Waals surface area contributed by atoms with Gasteiger partial charge in [-0.15, -0.1) is 0 Å². The van der Waals surface area contributed by atoms with Gasteiger partial charge in [0.1, 0.15) is 5.76 Å². The van der Waals surface area contributed by atoms with Crippen LogP contribution in [0.2, 0.25) is 0 Å². The summed E-state index contributed by atoms with van der Waals surface area (Å²) in [7, 11) is 1.68. The molecule has 0 bridgehead atoms. The number of furan rings is 1. The Morgan fingerprint density at radius 3 is 2.85 bits per heavy atom. The van der Waals surface area contributed by atoms with Crippen LogP contribution in [0, 0.1) is 0 Å². The third kappa shape index (κ3) is 1.78. The lowest BCUT2D eigenvalue weighted by atomic mass is 10.0. The predicted molar refractivity (Wildman–Crippen MR) is 78.0 cm³/mol. The molecule has 0 N–H and O–H groups in total. The maximum Gasteiger partial charge on any atom is 0.176 e. The van der Waals surface area contributed by atoms with Crippen molar-refractivity contribution < 1.29 is 9.15 Å². The van der Waals surface area contributed by atoms with Gasteiger partial charge in [-0.2, -0.15) is 0 Å². The number of pyridine rings is 1. The molecule has 0 saturated heterocycles. The predicted octanol–water partition coefficient (Wildman–Crippen LogP) is 4.38. The number of ether oxygens (including phenoxy) is 1. The molecular weight excluding hydrogens is 250 g/mol. The van der Waals surface area contributed by atoms with E-state index in [1.807, 2.05) is 18.3 Å². The molecule has 1 aromatic carbocycles. The van der Waals surface area contributed by atoms with Gasteiger partial charge in [-0.25, -0.2) is 0 Å². The summed E-state index contributed by atoms with van der Waals surface area (Å²) >= 11 is 0. The van der Waals surface area contributed by atoms with E-state index in [1.54, 1.807) is 13.3 Å². The van der Waals surface area contributed by atoms with Gasteiger partial charge in [-0.3, -0.25) is 4.98 Å². The van der Waals surface area contributed by atoms with Crippen LogP contribution in [0.5, 0.6) is 5.75 Å². The fraction of sp³-hybridized carbons (Fsp3) is 0.235. The van der Waals surface area contributed by atoms with E-state index in [1.165, 1.54) is 12.8 Å². The summed E-state index contributed by atoms with van der Waals surface area (Å²) in [5.74, 6) is 2.46. The molecule has 3 aromatic rings. The zero-order valence-electron chi connectivity index (χ0n) is 11.3. The SMILES string of the molecule is COc1ccc(-c2cccnc2)c2cc(C3CC3)oc12. The Morgan fingerprint density at radius 1 is 1.25 bits per heavy atom. The molecule has 0 amide bonds. The molecule has 4 rings (SSSR count). The van der Waals surface area contributed by atoms with Crippen LogP contribution in [-0.4, -0.2) is 12.1 Å². The van der Waals surface area contributed by atoms with Crippen molar-refractivity contribution in [1.29, 1.82) is 0 Å². The quantitative estimate of drug-likeness (QED) is 0.705. The van der Waals surface area contributed by atoms with Crippen molar-refractivity contribution in [3.05, 3.63) is 48.5 Å². The molecule has 1 aliphatic rings. The van der Waals surface area contributed by atoms with Crippen LogP contribution in [0.4, 0.5) is 0 Å². The number of methoxy groups -OCH3 is 1. The summed E-state index contributed by atoms with van der Waals surface area (Å²) in [4.78, 5) is 4.20. The molecule has 0 atom stereocenters. The van der Waals surface area contributed by atoms with Gasteiger partial charge in [-0.1, -0.05) is 6.07 Å². The van der Waals surface area contributed by atoms with Crippen molar-refractivity contribution in [2.45, 2.75) is 18.8 Å². The third-order valence-electron chi connectivity index (χ3n) is 3.84. The lowest BCUT2D eigenvalue weighted by molar-refractivity contribution is 0.407. The normalized spacial score (nSPS) is 14.7. The van der Waals surface area contributed by atoms with Crippen LogP contribution in [0.3, 0.4) is 0 Å². The number of hydrogen-bond acceptors (Lipinski definition) is 3. The molecular formula is C17H15NO2. The van der Waals surface area contributed by atoms with Gasteiger partial charge in [0.15, 0.2) is 11.3 Å². The molecule has 2 aromatic heterocycles. The van der Waals surface area contributed by atoms with Crippen LogP contribution >= 0.6 is 0 Å². The number of nitrogens with zero attached hydrogens (tertiary/aromatic N) is 1. The first kappa shape index (κ1) is 11.5. The highest BCUT2D eigenvalue weighted by atomic mass is 16.5. The first-order chi connectivity index (χ1) is 9.86. The minimum atomic E-state index is 0.592. The van der Waals surface area contributed by atoms with Crippen LogP contribution < -0.4 is 4.74 Å². The zero-order chi connectivity index (χ0) is 13.5. The zero-order valence-corrected chi connectivity index (χ0v) is 11.3. The van der Waals surface area contributed by atoms with Gasteiger partial charge in [0, 0.05) is 29.3 Å². The van der Waals surface area contributed by atoms with Crippen LogP contribution in [-0.2, 0) is 0 Å². The molecule has 1 saturated carbocycles. The average Bonchev–Trinajstić information content (AvgIpc) is 3.26. The standard InChI is InChI=1S/C17H15NO2/c1-19-15-7-6-13(12-3-2-8-18-10-12)14-9-16(11-4-5-11)20-17(14)15/h2-3,6-11H,4-5H2,1H3. The minimum Gasteiger partial charge on any atom is -0.493 e. The maximum absolute atomic E-state index is 6.03. The number of fused-ring (bicyclic) bond motifs is 1. The lowest BCUT2D eigenvalue weighted by Crippen LogP contribution is -1.85. The van der Waals surface area contributed by atoms with E-state index in [9.17, 15) is 0 Å². The van der Waals surface area contributed by atoms with Crippen molar-refractivity contribution in [1.82, 2.24) is 4.98 Å². The summed E-state index contributed by atoms with van der Waals surface area (Å²) in [5.41, 5.74) is 3.09. The number of aromatic nitrogens is 1. The lowest BCUT2D eigenvalue weighted by Gasteiger charge is -2.05. The Hall–Kier alpha value is -2.29. The molecule has 3 nitrogen and oxygen atoms in total. The fourth-order valence-corrected chi connectivity index (χ4v) is 2.62. The molecule has 3 heteroatoms. The second-order valence-electron chi connectivity index (χ2n) is 5.22. The van der Waals surface area contributed by atoms with E-state index in [-0.39, 0.29) is 0 Å². The highest BCUT2D eigenvalue weighted by Gasteiger charge is 2.28. The second kappa shape index (κ2) is 4.37. The van der Waals surface area contributed by atoms with Crippen molar-refractivity contribution >= 4 is 11.0 Å². The number of benzene rings is 1. The molecule has 100 valence electrons. The Bertz CT molecular complexity index is 757. The smallest absolute Gasteiger partial charge is 0.176 e. The van der Waals surface area contributed by atoms with Crippen molar-refractivity contribution in [2.24, 2.45) is 0 Å². The molecule has 1 aliphatic carbocycles. The van der Waals surface area contributed by atoms with Gasteiger partial charge in [0.2, 0.25) is 0 Å². The highest BCUT2D eigenvalue weighted by molar-refractivity contribution is 5.97. The average molecular weight is 265 g/mol. The third-order valence-corrected chi connectivity index (χ3v) is 3.84. The van der Waals surface area contributed by atoms with E-state index in [2.05, 4.69) is 23.2 Å². The van der Waals surface area contributed by atoms with Gasteiger partial charge in [0.05, 0.1) is 7.11 Å². The van der Waals surface area contributed by atoms with E-state index in [4.69, 9.17) is 9.15 Å². The van der Waals surface area contributed by atoms with Crippen LogP contribution in [0.15, 0.2) is 47.1 Å². The molecule has 0 radical (unpaired) electrons. The Balaban J connectivity index is 1.97. The summed E-state index contributed by atoms with van der Waals surface area (Å²) in [6.07, 6.45) is 6.12. The Labute approximate surface area is 117 Å².